The number of methoxy groups -OCH3 is 2. The van der Waals surface area contributed by atoms with Crippen LogP contribution in [0, 0.1) is 11.7 Å². The summed E-state index contributed by atoms with van der Waals surface area (Å²) in [4.78, 5) is 25.7. The van der Waals surface area contributed by atoms with E-state index in [1.165, 1.54) is 31.0 Å². The van der Waals surface area contributed by atoms with E-state index in [1.54, 1.807) is 25.2 Å². The van der Waals surface area contributed by atoms with E-state index in [0.717, 1.165) is 0 Å². The van der Waals surface area contributed by atoms with Crippen LogP contribution in [0.15, 0.2) is 35.1 Å². The van der Waals surface area contributed by atoms with Crippen LogP contribution >= 0.6 is 0 Å². The molecule has 2 atom stereocenters. The first-order valence-corrected chi connectivity index (χ1v) is 8.15. The van der Waals surface area contributed by atoms with Crippen LogP contribution in [0.1, 0.15) is 11.5 Å². The van der Waals surface area contributed by atoms with Crippen molar-refractivity contribution < 1.29 is 18.7 Å². The van der Waals surface area contributed by atoms with Gasteiger partial charge in [0.05, 0.1) is 20.1 Å². The summed E-state index contributed by atoms with van der Waals surface area (Å²) < 4.78 is 25.7. The number of benzene rings is 1. The summed E-state index contributed by atoms with van der Waals surface area (Å²) >= 11 is 0. The fraction of sp³-hybridized carbons (Fsp3) is 0.389. The van der Waals surface area contributed by atoms with E-state index in [1.807, 2.05) is 4.90 Å². The van der Waals surface area contributed by atoms with Crippen LogP contribution in [0.25, 0.3) is 0 Å². The third-order valence-electron chi connectivity index (χ3n) is 4.70. The second-order valence-electron chi connectivity index (χ2n) is 6.18. The van der Waals surface area contributed by atoms with E-state index < -0.39 is 23.6 Å². The minimum Gasteiger partial charge on any atom is -0.497 e. The highest BCUT2D eigenvalue weighted by atomic mass is 19.1. The quantitative estimate of drug-likeness (QED) is 0.765. The highest BCUT2D eigenvalue weighted by molar-refractivity contribution is 5.75. The van der Waals surface area contributed by atoms with E-state index in [4.69, 9.17) is 9.47 Å². The summed E-state index contributed by atoms with van der Waals surface area (Å²) in [6.45, 7) is 0.711. The second-order valence-corrected chi connectivity index (χ2v) is 6.18. The Morgan fingerprint density at radius 1 is 1.23 bits per heavy atom. The summed E-state index contributed by atoms with van der Waals surface area (Å²) in [6, 6.07) is 7.61. The molecule has 1 aromatic heterocycles. The van der Waals surface area contributed by atoms with Crippen LogP contribution in [-0.2, 0) is 16.6 Å². The molecule has 0 spiro atoms. The van der Waals surface area contributed by atoms with Crippen molar-refractivity contribution in [3.05, 3.63) is 52.1 Å². The van der Waals surface area contributed by atoms with Crippen molar-refractivity contribution in [2.75, 3.05) is 32.2 Å². The standard InChI is InChI=1S/C18H20FN3O4/c1-21-17(23)7-6-16(20-21)22-9-13(14(10-22)18(24)26-3)12-5-4-11(25-2)8-15(12)19/h4-8,13-14H,9-10H2,1-3H3. The van der Waals surface area contributed by atoms with Crippen LogP contribution in [0.5, 0.6) is 5.75 Å². The van der Waals surface area contributed by atoms with Crippen LogP contribution < -0.4 is 15.2 Å². The van der Waals surface area contributed by atoms with E-state index in [0.29, 0.717) is 30.2 Å². The molecule has 8 heteroatoms. The first-order valence-electron chi connectivity index (χ1n) is 8.15. The Kier molecular flexibility index (Phi) is 4.92. The van der Waals surface area contributed by atoms with E-state index in [2.05, 4.69) is 5.10 Å². The Bertz CT molecular complexity index is 883. The largest absolute Gasteiger partial charge is 0.497 e. The van der Waals surface area contributed by atoms with Crippen molar-refractivity contribution in [3.63, 3.8) is 0 Å². The Labute approximate surface area is 149 Å². The summed E-state index contributed by atoms with van der Waals surface area (Å²) in [5, 5.41) is 4.22. The molecule has 2 aromatic rings. The van der Waals surface area contributed by atoms with E-state index in [-0.39, 0.29) is 5.56 Å². The van der Waals surface area contributed by atoms with Gasteiger partial charge in [0.15, 0.2) is 0 Å². The molecule has 0 bridgehead atoms. The van der Waals surface area contributed by atoms with Gasteiger partial charge in [0.1, 0.15) is 17.4 Å². The molecule has 2 heterocycles. The Hall–Kier alpha value is -2.90. The highest BCUT2D eigenvalue weighted by Gasteiger charge is 2.41. The molecule has 7 nitrogen and oxygen atoms in total. The lowest BCUT2D eigenvalue weighted by atomic mass is 9.88. The number of esters is 1. The van der Waals surface area contributed by atoms with Gasteiger partial charge in [0.2, 0.25) is 0 Å². The number of nitrogens with zero attached hydrogens (tertiary/aromatic N) is 3. The maximum atomic E-state index is 14.6. The van der Waals surface area contributed by atoms with Gasteiger partial charge in [0, 0.05) is 38.2 Å². The van der Waals surface area contributed by atoms with Crippen LogP contribution in [-0.4, -0.2) is 43.1 Å². The predicted molar refractivity (Wildman–Crippen MR) is 92.9 cm³/mol. The maximum Gasteiger partial charge on any atom is 0.311 e. The Balaban J connectivity index is 1.96. The monoisotopic (exact) mass is 361 g/mol. The normalized spacial score (nSPS) is 19.5. The molecule has 3 rings (SSSR count). The minimum absolute atomic E-state index is 0.227. The highest BCUT2D eigenvalue weighted by Crippen LogP contribution is 2.37. The van der Waals surface area contributed by atoms with Gasteiger partial charge in [0.25, 0.3) is 5.56 Å². The van der Waals surface area contributed by atoms with Gasteiger partial charge in [-0.3, -0.25) is 9.59 Å². The zero-order valence-corrected chi connectivity index (χ0v) is 14.8. The van der Waals surface area contributed by atoms with Crippen LogP contribution in [0.2, 0.25) is 0 Å². The zero-order valence-electron chi connectivity index (χ0n) is 14.8. The number of halogens is 1. The molecule has 0 aliphatic carbocycles. The maximum absolute atomic E-state index is 14.6. The van der Waals surface area contributed by atoms with Crippen molar-refractivity contribution in [2.45, 2.75) is 5.92 Å². The summed E-state index contributed by atoms with van der Waals surface area (Å²) in [5.41, 5.74) is 0.198. The van der Waals surface area contributed by atoms with Crippen molar-refractivity contribution >= 4 is 11.8 Å². The predicted octanol–water partition coefficient (Wildman–Crippen LogP) is 1.32. The van der Waals surface area contributed by atoms with Gasteiger partial charge in [-0.2, -0.15) is 5.10 Å². The fourth-order valence-electron chi connectivity index (χ4n) is 3.29. The SMILES string of the molecule is COC(=O)C1CN(c2ccc(=O)n(C)n2)CC1c1ccc(OC)cc1F. The summed E-state index contributed by atoms with van der Waals surface area (Å²) in [7, 11) is 4.34. The molecule has 1 saturated heterocycles. The molecular formula is C18H20FN3O4. The molecular weight excluding hydrogens is 341 g/mol. The third-order valence-corrected chi connectivity index (χ3v) is 4.70. The van der Waals surface area contributed by atoms with Crippen molar-refractivity contribution in [2.24, 2.45) is 13.0 Å². The number of anilines is 1. The molecule has 26 heavy (non-hydrogen) atoms. The van der Waals surface area contributed by atoms with Gasteiger partial charge in [-0.05, 0) is 17.7 Å². The van der Waals surface area contributed by atoms with E-state index in [9.17, 15) is 14.0 Å². The Morgan fingerprint density at radius 2 is 2.00 bits per heavy atom. The number of hydrogen-bond donors (Lipinski definition) is 0. The number of rotatable bonds is 4. The van der Waals surface area contributed by atoms with Gasteiger partial charge in [-0.25, -0.2) is 9.07 Å². The number of aromatic nitrogens is 2. The lowest BCUT2D eigenvalue weighted by molar-refractivity contribution is -0.145. The molecule has 1 aliphatic heterocycles. The number of carbonyl (C=O) groups is 1. The number of carbonyl (C=O) groups excluding carboxylic acids is 1. The molecule has 138 valence electrons. The van der Waals surface area contributed by atoms with Crippen molar-refractivity contribution in [3.8, 4) is 5.75 Å². The molecule has 1 aliphatic rings. The average molecular weight is 361 g/mol. The fourth-order valence-corrected chi connectivity index (χ4v) is 3.29. The molecule has 2 unspecified atom stereocenters. The zero-order chi connectivity index (χ0) is 18.8. The molecule has 0 N–H and O–H groups in total. The first-order chi connectivity index (χ1) is 12.4. The number of ether oxygens (including phenoxy) is 2. The third kappa shape index (κ3) is 3.26. The molecule has 1 fully saturated rings. The number of aryl methyl sites for hydroxylation is 1. The van der Waals surface area contributed by atoms with Gasteiger partial charge in [-0.1, -0.05) is 6.07 Å². The minimum atomic E-state index is -0.540. The average Bonchev–Trinajstić information content (AvgIpc) is 3.08. The molecule has 1 aromatic carbocycles. The van der Waals surface area contributed by atoms with Gasteiger partial charge in [-0.15, -0.1) is 0 Å². The topological polar surface area (TPSA) is 73.7 Å². The molecule has 0 saturated carbocycles. The second kappa shape index (κ2) is 7.15. The van der Waals surface area contributed by atoms with Gasteiger partial charge < -0.3 is 14.4 Å². The summed E-state index contributed by atoms with van der Waals surface area (Å²) in [6.07, 6.45) is 0. The summed E-state index contributed by atoms with van der Waals surface area (Å²) in [5.74, 6) is -0.807. The van der Waals surface area contributed by atoms with Gasteiger partial charge >= 0.3 is 5.97 Å². The number of hydrogen-bond acceptors (Lipinski definition) is 6. The molecule has 0 amide bonds. The van der Waals surface area contributed by atoms with Crippen molar-refractivity contribution in [1.29, 1.82) is 0 Å². The lowest BCUT2D eigenvalue weighted by Gasteiger charge is -2.18. The smallest absolute Gasteiger partial charge is 0.311 e. The Morgan fingerprint density at radius 3 is 2.62 bits per heavy atom. The van der Waals surface area contributed by atoms with E-state index >= 15 is 0 Å². The first kappa shape index (κ1) is 17.9. The van der Waals surface area contributed by atoms with Crippen LogP contribution in [0.3, 0.4) is 0 Å². The lowest BCUT2D eigenvalue weighted by Crippen LogP contribution is -2.27. The van der Waals surface area contributed by atoms with Crippen molar-refractivity contribution in [1.82, 2.24) is 9.78 Å². The molecule has 0 radical (unpaired) electrons. The van der Waals surface area contributed by atoms with Crippen LogP contribution in [0.4, 0.5) is 10.2 Å².